The molecule has 0 unspecified atom stereocenters. The summed E-state index contributed by atoms with van der Waals surface area (Å²) in [6.45, 7) is 1.64. The van der Waals surface area contributed by atoms with Gasteiger partial charge in [-0.1, -0.05) is 23.7 Å². The number of halogens is 1. The predicted molar refractivity (Wildman–Crippen MR) is 52.7 cm³/mol. The van der Waals surface area contributed by atoms with E-state index in [9.17, 15) is 0 Å². The minimum atomic E-state index is -0.833. The predicted octanol–water partition coefficient (Wildman–Crippen LogP) is 1.89. The molecule has 1 aromatic rings. The number of carboxylic acids is 1. The maximum absolute atomic E-state index is 9.00. The zero-order valence-corrected chi connectivity index (χ0v) is 8.08. The normalized spacial score (nSPS) is 8.54. The van der Waals surface area contributed by atoms with Crippen LogP contribution in [0, 0.1) is 0 Å². The molecule has 0 aromatic heterocycles. The fraction of sp³-hybridized carbons (Fsp3) is 0.222. The minimum absolute atomic E-state index is 0.556. The van der Waals surface area contributed by atoms with E-state index in [1.165, 1.54) is 0 Å². The second kappa shape index (κ2) is 6.46. The fourth-order valence-corrected chi connectivity index (χ4v) is 0.877. The third kappa shape index (κ3) is 7.31. The number of carboxylic acid groups (broad SMARTS) is 1. The molecule has 0 fully saturated rings. The quantitative estimate of drug-likeness (QED) is 0.730. The van der Waals surface area contributed by atoms with Gasteiger partial charge >= 0.3 is 0 Å². The molecule has 0 saturated carbocycles. The molecular weight excluding hydrogens is 190 g/mol. The van der Waals surface area contributed by atoms with E-state index in [-0.39, 0.29) is 0 Å². The summed E-state index contributed by atoms with van der Waals surface area (Å²) in [5.74, 6) is -0.833. The van der Waals surface area contributed by atoms with Crippen molar-refractivity contribution < 1.29 is 9.90 Å². The summed E-state index contributed by atoms with van der Waals surface area (Å²) in [5, 5.41) is 8.16. The average molecular weight is 202 g/mol. The third-order valence-electron chi connectivity index (χ3n) is 1.12. The molecule has 0 bridgehead atoms. The Morgan fingerprint density at radius 3 is 2.46 bits per heavy atom. The summed E-state index contributed by atoms with van der Waals surface area (Å²) in [6.07, 6.45) is 0. The number of nitrogens with two attached hydrogens (primary N) is 1. The summed E-state index contributed by atoms with van der Waals surface area (Å²) < 4.78 is 0. The number of aliphatic carboxylic acids is 1. The Balaban J connectivity index is 0.000000310. The van der Waals surface area contributed by atoms with Crippen molar-refractivity contribution in [1.82, 2.24) is 0 Å². The van der Waals surface area contributed by atoms with Gasteiger partial charge in [-0.05, 0) is 17.7 Å². The van der Waals surface area contributed by atoms with E-state index >= 15 is 0 Å². The van der Waals surface area contributed by atoms with E-state index in [2.05, 4.69) is 0 Å². The number of rotatable bonds is 1. The van der Waals surface area contributed by atoms with E-state index in [0.717, 1.165) is 17.5 Å². The lowest BCUT2D eigenvalue weighted by Crippen LogP contribution is -1.94. The van der Waals surface area contributed by atoms with Crippen LogP contribution < -0.4 is 5.73 Å². The van der Waals surface area contributed by atoms with E-state index in [1.54, 1.807) is 0 Å². The van der Waals surface area contributed by atoms with Crippen LogP contribution in [0.25, 0.3) is 0 Å². The smallest absolute Gasteiger partial charge is 0.300 e. The van der Waals surface area contributed by atoms with Gasteiger partial charge in [0.05, 0.1) is 0 Å². The molecule has 0 aliphatic heterocycles. The largest absolute Gasteiger partial charge is 0.481 e. The molecule has 0 radical (unpaired) electrons. The second-order valence-electron chi connectivity index (χ2n) is 2.35. The van der Waals surface area contributed by atoms with Crippen LogP contribution in [-0.4, -0.2) is 11.1 Å². The first-order valence-electron chi connectivity index (χ1n) is 3.70. The van der Waals surface area contributed by atoms with Gasteiger partial charge < -0.3 is 10.8 Å². The van der Waals surface area contributed by atoms with Gasteiger partial charge in [-0.3, -0.25) is 4.79 Å². The Bertz CT molecular complexity index is 272. The molecule has 3 nitrogen and oxygen atoms in total. The van der Waals surface area contributed by atoms with Crippen LogP contribution in [0.3, 0.4) is 0 Å². The Morgan fingerprint density at radius 2 is 2.15 bits per heavy atom. The van der Waals surface area contributed by atoms with Crippen molar-refractivity contribution in [3.63, 3.8) is 0 Å². The Morgan fingerprint density at radius 1 is 1.62 bits per heavy atom. The zero-order chi connectivity index (χ0) is 10.3. The highest BCUT2D eigenvalue weighted by molar-refractivity contribution is 6.30. The summed E-state index contributed by atoms with van der Waals surface area (Å²) in [7, 11) is 0. The van der Waals surface area contributed by atoms with Crippen molar-refractivity contribution in [2.45, 2.75) is 13.5 Å². The van der Waals surface area contributed by atoms with Crippen LogP contribution in [0.4, 0.5) is 0 Å². The van der Waals surface area contributed by atoms with Crippen LogP contribution >= 0.6 is 11.6 Å². The van der Waals surface area contributed by atoms with Gasteiger partial charge in [-0.2, -0.15) is 0 Å². The Kier molecular flexibility index (Phi) is 5.93. The molecule has 0 aliphatic carbocycles. The molecule has 0 saturated heterocycles. The van der Waals surface area contributed by atoms with Crippen LogP contribution in [0.2, 0.25) is 5.02 Å². The van der Waals surface area contributed by atoms with E-state index in [0.29, 0.717) is 6.54 Å². The molecule has 1 rings (SSSR count). The number of hydrogen-bond donors (Lipinski definition) is 2. The number of hydrogen-bond acceptors (Lipinski definition) is 2. The van der Waals surface area contributed by atoms with Crippen molar-refractivity contribution in [1.29, 1.82) is 0 Å². The van der Waals surface area contributed by atoms with Crippen molar-refractivity contribution in [3.05, 3.63) is 34.9 Å². The van der Waals surface area contributed by atoms with Crippen LogP contribution in [0.5, 0.6) is 0 Å². The first kappa shape index (κ1) is 11.9. The maximum Gasteiger partial charge on any atom is 0.300 e. The average Bonchev–Trinajstić information content (AvgIpc) is 2.03. The van der Waals surface area contributed by atoms with E-state index < -0.39 is 5.97 Å². The highest BCUT2D eigenvalue weighted by Gasteiger charge is 1.87. The van der Waals surface area contributed by atoms with Gasteiger partial charge in [0.15, 0.2) is 0 Å². The maximum atomic E-state index is 9.00. The second-order valence-corrected chi connectivity index (χ2v) is 2.79. The minimum Gasteiger partial charge on any atom is -0.481 e. The van der Waals surface area contributed by atoms with Gasteiger partial charge in [-0.25, -0.2) is 0 Å². The Labute approximate surface area is 82.1 Å². The van der Waals surface area contributed by atoms with Crippen LogP contribution in [0.1, 0.15) is 12.5 Å². The zero-order valence-electron chi connectivity index (χ0n) is 7.33. The molecule has 0 spiro atoms. The fourth-order valence-electron chi connectivity index (χ4n) is 0.664. The number of carbonyl (C=O) groups is 1. The molecule has 0 heterocycles. The van der Waals surface area contributed by atoms with Crippen molar-refractivity contribution in [2.75, 3.05) is 0 Å². The summed E-state index contributed by atoms with van der Waals surface area (Å²) in [5.41, 5.74) is 6.43. The molecule has 0 amide bonds. The molecule has 4 heteroatoms. The number of benzene rings is 1. The SMILES string of the molecule is CC(=O)O.NCc1cccc(Cl)c1. The summed E-state index contributed by atoms with van der Waals surface area (Å²) in [4.78, 5) is 9.00. The highest BCUT2D eigenvalue weighted by Crippen LogP contribution is 2.09. The van der Waals surface area contributed by atoms with Crippen molar-refractivity contribution in [3.8, 4) is 0 Å². The topological polar surface area (TPSA) is 63.3 Å². The van der Waals surface area contributed by atoms with Gasteiger partial charge in [0.25, 0.3) is 5.97 Å². The molecule has 3 N–H and O–H groups in total. The van der Waals surface area contributed by atoms with Crippen molar-refractivity contribution >= 4 is 17.6 Å². The molecular formula is C9H12ClNO2. The standard InChI is InChI=1S/C7H8ClN.C2H4O2/c8-7-3-1-2-6(4-7)5-9;1-2(3)4/h1-4H,5,9H2;1H3,(H,3,4). The first-order chi connectivity index (χ1) is 6.06. The van der Waals surface area contributed by atoms with Gasteiger partial charge in [0.1, 0.15) is 0 Å². The molecule has 0 aliphatic rings. The van der Waals surface area contributed by atoms with Gasteiger partial charge in [0, 0.05) is 18.5 Å². The van der Waals surface area contributed by atoms with Gasteiger partial charge in [-0.15, -0.1) is 0 Å². The third-order valence-corrected chi connectivity index (χ3v) is 1.36. The van der Waals surface area contributed by atoms with Gasteiger partial charge in [0.2, 0.25) is 0 Å². The molecule has 1 aromatic carbocycles. The molecule has 13 heavy (non-hydrogen) atoms. The lowest BCUT2D eigenvalue weighted by molar-refractivity contribution is -0.134. The lowest BCUT2D eigenvalue weighted by atomic mass is 10.2. The van der Waals surface area contributed by atoms with Crippen LogP contribution in [-0.2, 0) is 11.3 Å². The first-order valence-corrected chi connectivity index (χ1v) is 4.08. The molecule has 0 atom stereocenters. The lowest BCUT2D eigenvalue weighted by Gasteiger charge is -1.93. The monoisotopic (exact) mass is 201 g/mol. The Hall–Kier alpha value is -1.06. The van der Waals surface area contributed by atoms with E-state index in [1.807, 2.05) is 24.3 Å². The summed E-state index contributed by atoms with van der Waals surface area (Å²) in [6, 6.07) is 7.54. The van der Waals surface area contributed by atoms with Crippen LogP contribution in [0.15, 0.2) is 24.3 Å². The van der Waals surface area contributed by atoms with Crippen molar-refractivity contribution in [2.24, 2.45) is 5.73 Å². The molecule has 72 valence electrons. The van der Waals surface area contributed by atoms with E-state index in [4.69, 9.17) is 27.2 Å². The summed E-state index contributed by atoms with van der Waals surface area (Å²) >= 11 is 5.67. The highest BCUT2D eigenvalue weighted by atomic mass is 35.5.